The van der Waals surface area contributed by atoms with Gasteiger partial charge in [-0.25, -0.2) is 0 Å². The summed E-state index contributed by atoms with van der Waals surface area (Å²) in [5.41, 5.74) is 0. The van der Waals surface area contributed by atoms with Crippen LogP contribution in [-0.2, 0) is 0 Å². The molecule has 3 heteroatoms. The van der Waals surface area contributed by atoms with Gasteiger partial charge >= 0.3 is 0 Å². The normalized spacial score (nSPS) is 44.7. The molecule has 1 fully saturated rings. The van der Waals surface area contributed by atoms with Crippen molar-refractivity contribution >= 4 is 33.3 Å². The van der Waals surface area contributed by atoms with Gasteiger partial charge in [-0.2, -0.15) is 0 Å². The molecular weight excluding hydrogens is 192 g/mol. The molecule has 0 aromatic carbocycles. The molecule has 1 aliphatic heterocycles. The lowest BCUT2D eigenvalue weighted by atomic mass is 10.3. The summed E-state index contributed by atoms with van der Waals surface area (Å²) in [6, 6.07) is 0. The van der Waals surface area contributed by atoms with E-state index in [1.807, 2.05) is 0 Å². The molecule has 2 atom stereocenters. The van der Waals surface area contributed by atoms with E-state index in [0.717, 1.165) is 0 Å². The predicted octanol–water partition coefficient (Wildman–Crippen LogP) is 4.37. The second-order valence-corrected chi connectivity index (χ2v) is 8.90. The molecule has 0 bridgehead atoms. The van der Waals surface area contributed by atoms with E-state index < -0.39 is 0 Å². The third-order valence-electron chi connectivity index (χ3n) is 2.11. The first kappa shape index (κ1) is 10.1. The van der Waals surface area contributed by atoms with Crippen molar-refractivity contribution in [3.63, 3.8) is 0 Å². The zero-order chi connectivity index (χ0) is 8.54. The average molecular weight is 208 g/mol. The second kappa shape index (κ2) is 3.43. The highest BCUT2D eigenvalue weighted by molar-refractivity contribution is 8.83. The summed E-state index contributed by atoms with van der Waals surface area (Å²) in [4.78, 5) is 0. The SMILES string of the molecule is CCC1(C)SSC(C)(CC)S1. The van der Waals surface area contributed by atoms with Crippen LogP contribution in [-0.4, -0.2) is 8.16 Å². The standard InChI is InChI=1S/C8H16S3/c1-5-7(3)9-8(4,6-2)11-10-7/h5-6H2,1-4H3. The third-order valence-corrected chi connectivity index (χ3v) is 9.01. The predicted molar refractivity (Wildman–Crippen MR) is 60.2 cm³/mol. The Morgan fingerprint density at radius 2 is 1.27 bits per heavy atom. The van der Waals surface area contributed by atoms with Crippen molar-refractivity contribution in [3.05, 3.63) is 0 Å². The van der Waals surface area contributed by atoms with Crippen LogP contribution in [0.5, 0.6) is 0 Å². The number of rotatable bonds is 2. The molecule has 11 heavy (non-hydrogen) atoms. The smallest absolute Gasteiger partial charge is 0.0698 e. The van der Waals surface area contributed by atoms with Crippen LogP contribution in [0.15, 0.2) is 0 Å². The van der Waals surface area contributed by atoms with E-state index in [9.17, 15) is 0 Å². The molecule has 1 heterocycles. The van der Waals surface area contributed by atoms with Gasteiger partial charge in [0, 0.05) is 0 Å². The summed E-state index contributed by atoms with van der Waals surface area (Å²) in [5, 5.41) is 0. The maximum absolute atomic E-state index is 2.36. The fourth-order valence-electron chi connectivity index (χ4n) is 0.929. The van der Waals surface area contributed by atoms with Gasteiger partial charge in [-0.3, -0.25) is 0 Å². The Hall–Kier alpha value is 1.05. The molecule has 1 aliphatic rings. The molecule has 1 saturated heterocycles. The minimum Gasteiger partial charge on any atom is -0.125 e. The molecule has 0 aromatic heterocycles. The van der Waals surface area contributed by atoms with Crippen molar-refractivity contribution in [2.45, 2.75) is 48.7 Å². The second-order valence-electron chi connectivity index (χ2n) is 3.24. The molecule has 0 saturated carbocycles. The molecule has 0 amide bonds. The Labute approximate surface area is 82.1 Å². The summed E-state index contributed by atoms with van der Waals surface area (Å²) < 4.78 is 0.935. The van der Waals surface area contributed by atoms with E-state index in [2.05, 4.69) is 61.0 Å². The van der Waals surface area contributed by atoms with Gasteiger partial charge in [-0.1, -0.05) is 35.4 Å². The Morgan fingerprint density at radius 3 is 1.45 bits per heavy atom. The van der Waals surface area contributed by atoms with Crippen LogP contribution in [0.25, 0.3) is 0 Å². The summed E-state index contributed by atoms with van der Waals surface area (Å²) in [6.45, 7) is 9.27. The van der Waals surface area contributed by atoms with E-state index in [0.29, 0.717) is 8.16 Å². The summed E-state index contributed by atoms with van der Waals surface area (Å²) >= 11 is 2.14. The van der Waals surface area contributed by atoms with Gasteiger partial charge in [0.1, 0.15) is 0 Å². The fourth-order valence-corrected chi connectivity index (χ4v) is 7.24. The van der Waals surface area contributed by atoms with Gasteiger partial charge in [-0.05, 0) is 26.7 Å². The Balaban J connectivity index is 2.58. The Kier molecular flexibility index (Phi) is 3.16. The Morgan fingerprint density at radius 1 is 0.909 bits per heavy atom. The van der Waals surface area contributed by atoms with Crippen molar-refractivity contribution in [3.8, 4) is 0 Å². The Bertz CT molecular complexity index is 132. The van der Waals surface area contributed by atoms with E-state index in [1.54, 1.807) is 0 Å². The van der Waals surface area contributed by atoms with Crippen LogP contribution >= 0.6 is 33.3 Å². The molecule has 0 aromatic rings. The van der Waals surface area contributed by atoms with Gasteiger partial charge < -0.3 is 0 Å². The van der Waals surface area contributed by atoms with Crippen LogP contribution in [0.4, 0.5) is 0 Å². The summed E-state index contributed by atoms with van der Waals surface area (Å²) in [5.74, 6) is 0. The lowest BCUT2D eigenvalue weighted by Gasteiger charge is -2.23. The average Bonchev–Trinajstić information content (AvgIpc) is 2.30. The van der Waals surface area contributed by atoms with Gasteiger partial charge in [-0.15, -0.1) is 11.8 Å². The van der Waals surface area contributed by atoms with Crippen LogP contribution in [0.1, 0.15) is 40.5 Å². The highest BCUT2D eigenvalue weighted by Gasteiger charge is 2.43. The molecule has 0 spiro atoms. The molecule has 0 nitrogen and oxygen atoms in total. The number of hydrogen-bond donors (Lipinski definition) is 0. The lowest BCUT2D eigenvalue weighted by Crippen LogP contribution is -2.15. The topological polar surface area (TPSA) is 0 Å². The minimum absolute atomic E-state index is 0.468. The van der Waals surface area contributed by atoms with Crippen LogP contribution in [0.2, 0.25) is 0 Å². The highest BCUT2D eigenvalue weighted by Crippen LogP contribution is 2.66. The van der Waals surface area contributed by atoms with Gasteiger partial charge in [0.15, 0.2) is 0 Å². The molecular formula is C8H16S3. The van der Waals surface area contributed by atoms with Crippen molar-refractivity contribution in [2.24, 2.45) is 0 Å². The molecule has 1 rings (SSSR count). The maximum atomic E-state index is 2.36. The van der Waals surface area contributed by atoms with E-state index in [1.165, 1.54) is 12.8 Å². The van der Waals surface area contributed by atoms with Crippen molar-refractivity contribution in [1.82, 2.24) is 0 Å². The van der Waals surface area contributed by atoms with Crippen molar-refractivity contribution < 1.29 is 0 Å². The third kappa shape index (κ3) is 2.25. The largest absolute Gasteiger partial charge is 0.125 e. The van der Waals surface area contributed by atoms with Crippen molar-refractivity contribution in [2.75, 3.05) is 0 Å². The first-order valence-corrected chi connectivity index (χ1v) is 7.07. The first-order valence-electron chi connectivity index (χ1n) is 4.10. The van der Waals surface area contributed by atoms with Gasteiger partial charge in [0.05, 0.1) is 8.16 Å². The molecule has 66 valence electrons. The van der Waals surface area contributed by atoms with Gasteiger partial charge in [0.25, 0.3) is 0 Å². The summed E-state index contributed by atoms with van der Waals surface area (Å²) in [6.07, 6.45) is 2.54. The van der Waals surface area contributed by atoms with Crippen molar-refractivity contribution in [1.29, 1.82) is 0 Å². The van der Waals surface area contributed by atoms with Crippen LogP contribution in [0.3, 0.4) is 0 Å². The van der Waals surface area contributed by atoms with Crippen LogP contribution < -0.4 is 0 Å². The minimum atomic E-state index is 0.468. The van der Waals surface area contributed by atoms with E-state index >= 15 is 0 Å². The van der Waals surface area contributed by atoms with E-state index in [-0.39, 0.29) is 0 Å². The molecule has 0 radical (unpaired) electrons. The maximum Gasteiger partial charge on any atom is 0.0698 e. The monoisotopic (exact) mass is 208 g/mol. The molecule has 0 N–H and O–H groups in total. The zero-order valence-corrected chi connectivity index (χ0v) is 10.1. The fraction of sp³-hybridized carbons (Fsp3) is 1.00. The zero-order valence-electron chi connectivity index (χ0n) is 7.64. The summed E-state index contributed by atoms with van der Waals surface area (Å²) in [7, 11) is 4.11. The quantitative estimate of drug-likeness (QED) is 0.619. The first-order chi connectivity index (χ1) is 5.04. The molecule has 0 aliphatic carbocycles. The molecule has 2 unspecified atom stereocenters. The lowest BCUT2D eigenvalue weighted by molar-refractivity contribution is 0.811. The van der Waals surface area contributed by atoms with E-state index in [4.69, 9.17) is 0 Å². The van der Waals surface area contributed by atoms with Gasteiger partial charge in [0.2, 0.25) is 0 Å². The van der Waals surface area contributed by atoms with Crippen LogP contribution in [0, 0.1) is 0 Å². The number of thioether (sulfide) groups is 1. The number of hydrogen-bond acceptors (Lipinski definition) is 3. The highest BCUT2D eigenvalue weighted by atomic mass is 33.1.